The molecule has 0 saturated heterocycles. The average Bonchev–Trinajstić information content (AvgIpc) is 2.59. The first-order valence-corrected chi connectivity index (χ1v) is 10.6. The van der Waals surface area contributed by atoms with Gasteiger partial charge in [0, 0.05) is 12.6 Å². The van der Waals surface area contributed by atoms with E-state index in [-0.39, 0.29) is 5.56 Å². The van der Waals surface area contributed by atoms with Crippen molar-refractivity contribution in [2.24, 2.45) is 29.1 Å². The average molecular weight is 410 g/mol. The topological polar surface area (TPSA) is 46.9 Å². The van der Waals surface area contributed by atoms with Crippen LogP contribution in [0.3, 0.4) is 0 Å². The number of hydrogen-bond donors (Lipinski definition) is 1. The zero-order chi connectivity index (χ0) is 18.4. The lowest BCUT2D eigenvalue weighted by molar-refractivity contribution is -0.105. The lowest BCUT2D eigenvalue weighted by Gasteiger charge is -2.62. The second-order valence-corrected chi connectivity index (χ2v) is 9.54. The molecule has 3 saturated carbocycles. The Labute approximate surface area is 159 Å². The van der Waals surface area contributed by atoms with E-state index < -0.39 is 0 Å². The highest BCUT2D eigenvalue weighted by Gasteiger charge is 2.56. The van der Waals surface area contributed by atoms with Gasteiger partial charge in [0.05, 0.1) is 11.9 Å². The van der Waals surface area contributed by atoms with Crippen LogP contribution in [0.1, 0.15) is 60.3 Å². The van der Waals surface area contributed by atoms with Gasteiger partial charge in [0.15, 0.2) is 0 Å². The molecule has 0 aromatic carbocycles. The molecule has 3 fully saturated rings. The van der Waals surface area contributed by atoms with Gasteiger partial charge in [0.2, 0.25) is 0 Å². The standard InChI is InChI=1S/C20H32BrN3O/c1-6-13(7-2)11-24-19(25)18(21)17(10-22-24)23-16-9-14-8-15(12(16)3)20(14,4)5/h10,12-16,23H,6-9,11H2,1-5H3/t12-,14-,15+,16-/m1/s1. The van der Waals surface area contributed by atoms with E-state index in [4.69, 9.17) is 0 Å². The van der Waals surface area contributed by atoms with Crippen molar-refractivity contribution in [2.45, 2.75) is 72.9 Å². The van der Waals surface area contributed by atoms with Crippen LogP contribution in [-0.4, -0.2) is 15.8 Å². The van der Waals surface area contributed by atoms with Gasteiger partial charge in [0.25, 0.3) is 5.56 Å². The largest absolute Gasteiger partial charge is 0.380 e. The molecule has 1 N–H and O–H groups in total. The Balaban J connectivity index is 1.74. The van der Waals surface area contributed by atoms with Crippen LogP contribution >= 0.6 is 15.9 Å². The third kappa shape index (κ3) is 3.29. The van der Waals surface area contributed by atoms with E-state index in [1.807, 2.05) is 6.20 Å². The number of nitrogens with one attached hydrogen (secondary N) is 1. The summed E-state index contributed by atoms with van der Waals surface area (Å²) in [4.78, 5) is 12.7. The number of hydrogen-bond acceptors (Lipinski definition) is 3. The number of rotatable bonds is 6. The minimum absolute atomic E-state index is 0.0224. The highest BCUT2D eigenvalue weighted by molar-refractivity contribution is 9.10. The Hall–Kier alpha value is -0.840. The summed E-state index contributed by atoms with van der Waals surface area (Å²) in [5.74, 6) is 2.71. The van der Waals surface area contributed by atoms with Crippen LogP contribution in [-0.2, 0) is 6.54 Å². The number of anilines is 1. The molecule has 3 aliphatic carbocycles. The van der Waals surface area contributed by atoms with E-state index in [0.717, 1.165) is 30.4 Å². The van der Waals surface area contributed by atoms with Gasteiger partial charge < -0.3 is 5.32 Å². The summed E-state index contributed by atoms with van der Waals surface area (Å²) in [6.07, 6.45) is 6.52. The van der Waals surface area contributed by atoms with E-state index >= 15 is 0 Å². The summed E-state index contributed by atoms with van der Waals surface area (Å²) in [5, 5.41) is 8.06. The monoisotopic (exact) mass is 409 g/mol. The molecule has 0 amide bonds. The normalized spacial score (nSPS) is 30.2. The molecular weight excluding hydrogens is 378 g/mol. The smallest absolute Gasteiger partial charge is 0.283 e. The molecule has 0 spiro atoms. The zero-order valence-electron chi connectivity index (χ0n) is 16.2. The fraction of sp³-hybridized carbons (Fsp3) is 0.800. The lowest BCUT2D eigenvalue weighted by atomic mass is 9.45. The van der Waals surface area contributed by atoms with Gasteiger partial charge in [0.1, 0.15) is 4.47 Å². The van der Waals surface area contributed by atoms with E-state index in [2.05, 4.69) is 61.0 Å². The molecule has 4 atom stereocenters. The summed E-state index contributed by atoms with van der Waals surface area (Å²) in [5.41, 5.74) is 1.30. The van der Waals surface area contributed by atoms with Crippen molar-refractivity contribution in [3.05, 3.63) is 21.0 Å². The molecule has 25 heavy (non-hydrogen) atoms. The number of halogens is 1. The van der Waals surface area contributed by atoms with Crippen molar-refractivity contribution in [1.82, 2.24) is 9.78 Å². The Kier molecular flexibility index (Phi) is 5.34. The second kappa shape index (κ2) is 7.05. The van der Waals surface area contributed by atoms with Gasteiger partial charge >= 0.3 is 0 Å². The molecule has 5 heteroatoms. The number of fused-ring (bicyclic) bond motifs is 2. The van der Waals surface area contributed by atoms with Crippen molar-refractivity contribution < 1.29 is 0 Å². The summed E-state index contributed by atoms with van der Waals surface area (Å²) in [7, 11) is 0. The third-order valence-corrected chi connectivity index (χ3v) is 8.03. The molecule has 0 unspecified atom stereocenters. The minimum atomic E-state index is -0.0224. The van der Waals surface area contributed by atoms with Crippen LogP contribution in [0, 0.1) is 29.1 Å². The first-order chi connectivity index (χ1) is 11.8. The van der Waals surface area contributed by atoms with Crippen LogP contribution < -0.4 is 10.9 Å². The molecule has 1 aromatic rings. The summed E-state index contributed by atoms with van der Waals surface area (Å²) in [6, 6.07) is 0.434. The third-order valence-electron chi connectivity index (χ3n) is 7.27. The zero-order valence-corrected chi connectivity index (χ0v) is 17.8. The predicted molar refractivity (Wildman–Crippen MR) is 107 cm³/mol. The van der Waals surface area contributed by atoms with Gasteiger partial charge in [-0.25, -0.2) is 4.68 Å². The van der Waals surface area contributed by atoms with Gasteiger partial charge in [-0.05, 0) is 57.9 Å². The quantitative estimate of drug-likeness (QED) is 0.724. The highest BCUT2D eigenvalue weighted by atomic mass is 79.9. The van der Waals surface area contributed by atoms with E-state index in [1.54, 1.807) is 4.68 Å². The van der Waals surface area contributed by atoms with E-state index in [9.17, 15) is 4.79 Å². The Morgan fingerprint density at radius 3 is 2.60 bits per heavy atom. The van der Waals surface area contributed by atoms with Crippen molar-refractivity contribution >= 4 is 21.6 Å². The molecular formula is C20H32BrN3O. The minimum Gasteiger partial charge on any atom is -0.380 e. The highest BCUT2D eigenvalue weighted by Crippen LogP contribution is 2.61. The maximum atomic E-state index is 12.7. The van der Waals surface area contributed by atoms with Gasteiger partial charge in [-0.2, -0.15) is 5.10 Å². The Bertz CT molecular complexity index is 680. The van der Waals surface area contributed by atoms with Crippen molar-refractivity contribution in [3.8, 4) is 0 Å². The Morgan fingerprint density at radius 2 is 2.04 bits per heavy atom. The van der Waals surface area contributed by atoms with Gasteiger partial charge in [-0.1, -0.05) is 47.5 Å². The molecule has 0 radical (unpaired) electrons. The van der Waals surface area contributed by atoms with Crippen LogP contribution in [0.15, 0.2) is 15.5 Å². The fourth-order valence-corrected chi connectivity index (χ4v) is 5.45. The van der Waals surface area contributed by atoms with Crippen LogP contribution in [0.4, 0.5) is 5.69 Å². The van der Waals surface area contributed by atoms with Gasteiger partial charge in [-0.15, -0.1) is 0 Å². The number of aromatic nitrogens is 2. The first-order valence-electron chi connectivity index (χ1n) is 9.81. The SMILES string of the molecule is CCC(CC)Cn1ncc(N[C@@H]2C[C@H]3C[C@@H]([C@H]2C)C3(C)C)c(Br)c1=O. The Morgan fingerprint density at radius 1 is 1.36 bits per heavy atom. The van der Waals surface area contributed by atoms with Crippen molar-refractivity contribution in [2.75, 3.05) is 5.32 Å². The van der Waals surface area contributed by atoms with Crippen LogP contribution in [0.5, 0.6) is 0 Å². The van der Waals surface area contributed by atoms with Crippen molar-refractivity contribution in [3.63, 3.8) is 0 Å². The van der Waals surface area contributed by atoms with Crippen LogP contribution in [0.2, 0.25) is 0 Å². The van der Waals surface area contributed by atoms with E-state index in [0.29, 0.717) is 34.3 Å². The first kappa shape index (κ1) is 18.9. The maximum absolute atomic E-state index is 12.7. The molecule has 4 rings (SSSR count). The molecule has 1 aromatic heterocycles. The fourth-order valence-electron chi connectivity index (χ4n) is 5.03. The van der Waals surface area contributed by atoms with E-state index in [1.165, 1.54) is 12.8 Å². The summed E-state index contributed by atoms with van der Waals surface area (Å²) >= 11 is 3.52. The predicted octanol–water partition coefficient (Wildman–Crippen LogP) is 4.92. The molecule has 140 valence electrons. The second-order valence-electron chi connectivity index (χ2n) is 8.75. The molecule has 4 nitrogen and oxygen atoms in total. The molecule has 3 aliphatic rings. The van der Waals surface area contributed by atoms with Crippen LogP contribution in [0.25, 0.3) is 0 Å². The maximum Gasteiger partial charge on any atom is 0.283 e. The van der Waals surface area contributed by atoms with Gasteiger partial charge in [-0.3, -0.25) is 4.79 Å². The summed E-state index contributed by atoms with van der Waals surface area (Å²) in [6.45, 7) is 12.2. The number of nitrogens with zero attached hydrogens (tertiary/aromatic N) is 2. The lowest BCUT2D eigenvalue weighted by Crippen LogP contribution is -2.58. The molecule has 2 bridgehead atoms. The molecule has 0 aliphatic heterocycles. The summed E-state index contributed by atoms with van der Waals surface area (Å²) < 4.78 is 2.23. The van der Waals surface area contributed by atoms with Crippen molar-refractivity contribution in [1.29, 1.82) is 0 Å². The molecule has 1 heterocycles.